The van der Waals surface area contributed by atoms with Crippen molar-refractivity contribution in [2.24, 2.45) is 0 Å². The number of aryl methyl sites for hydroxylation is 2. The number of benzene rings is 2. The number of carbonyl (C=O) groups is 1. The van der Waals surface area contributed by atoms with E-state index < -0.39 is 22.9 Å². The summed E-state index contributed by atoms with van der Waals surface area (Å²) < 4.78 is 44.9. The number of anilines is 1. The molecule has 0 aliphatic rings. The highest BCUT2D eigenvalue weighted by Crippen LogP contribution is 2.30. The number of nitrogens with zero attached hydrogens (tertiary/aromatic N) is 3. The first-order chi connectivity index (χ1) is 15.0. The smallest absolute Gasteiger partial charge is 0.416 e. The van der Waals surface area contributed by atoms with Gasteiger partial charge in [-0.2, -0.15) is 13.2 Å². The van der Waals surface area contributed by atoms with Gasteiger partial charge in [0.05, 0.1) is 10.8 Å². The van der Waals surface area contributed by atoms with Crippen LogP contribution >= 0.6 is 11.8 Å². The number of nitrogens with two attached hydrogens (primary N) is 1. The van der Waals surface area contributed by atoms with Crippen LogP contribution in [0.3, 0.4) is 0 Å². The minimum absolute atomic E-state index is 0.0963. The summed E-state index contributed by atoms with van der Waals surface area (Å²) in [6.45, 7) is 5.66. The van der Waals surface area contributed by atoms with Crippen LogP contribution in [0, 0.1) is 13.8 Å². The molecule has 0 fully saturated rings. The molecule has 1 unspecified atom stereocenters. The van der Waals surface area contributed by atoms with Gasteiger partial charge < -0.3 is 15.9 Å². The lowest BCUT2D eigenvalue weighted by Crippen LogP contribution is -2.24. The van der Waals surface area contributed by atoms with Gasteiger partial charge in [0.2, 0.25) is 11.1 Å². The van der Waals surface area contributed by atoms with Gasteiger partial charge in [0.1, 0.15) is 12.4 Å². The first kappa shape index (κ1) is 23.5. The number of hydrogen-bond acceptors (Lipinski definition) is 6. The fourth-order valence-electron chi connectivity index (χ4n) is 2.85. The summed E-state index contributed by atoms with van der Waals surface area (Å²) in [6, 6.07) is 10.0. The van der Waals surface area contributed by atoms with Crippen molar-refractivity contribution in [1.82, 2.24) is 14.9 Å². The van der Waals surface area contributed by atoms with Crippen LogP contribution in [-0.4, -0.2) is 26.0 Å². The van der Waals surface area contributed by atoms with Gasteiger partial charge in [-0.05, 0) is 68.3 Å². The molecule has 0 saturated carbocycles. The third-order valence-electron chi connectivity index (χ3n) is 4.43. The molecule has 11 heteroatoms. The van der Waals surface area contributed by atoms with Crippen LogP contribution in [0.2, 0.25) is 0 Å². The van der Waals surface area contributed by atoms with Crippen LogP contribution in [0.4, 0.5) is 18.9 Å². The molecular formula is C21H22F3N5O2S. The number of carbonyl (C=O) groups excluding carboxylic acids is 1. The van der Waals surface area contributed by atoms with Crippen molar-refractivity contribution in [3.8, 4) is 5.75 Å². The lowest BCUT2D eigenvalue weighted by Gasteiger charge is -2.13. The second kappa shape index (κ2) is 9.51. The van der Waals surface area contributed by atoms with Gasteiger partial charge in [-0.15, -0.1) is 10.2 Å². The first-order valence-corrected chi connectivity index (χ1v) is 10.5. The number of hydrogen-bond donors (Lipinski definition) is 2. The van der Waals surface area contributed by atoms with Gasteiger partial charge in [-0.25, -0.2) is 4.68 Å². The second-order valence-corrected chi connectivity index (χ2v) is 8.51. The maximum Gasteiger partial charge on any atom is 0.416 e. The zero-order valence-electron chi connectivity index (χ0n) is 17.6. The van der Waals surface area contributed by atoms with Gasteiger partial charge in [-0.1, -0.05) is 17.8 Å². The zero-order chi connectivity index (χ0) is 23.5. The molecule has 0 aliphatic carbocycles. The quantitative estimate of drug-likeness (QED) is 0.399. The van der Waals surface area contributed by atoms with E-state index in [-0.39, 0.29) is 12.3 Å². The molecule has 0 aliphatic heterocycles. The molecule has 170 valence electrons. The highest BCUT2D eigenvalue weighted by Gasteiger charge is 2.30. The Hall–Kier alpha value is -3.21. The zero-order valence-corrected chi connectivity index (χ0v) is 18.4. The van der Waals surface area contributed by atoms with E-state index in [9.17, 15) is 18.0 Å². The molecule has 7 nitrogen and oxygen atoms in total. The third-order valence-corrected chi connectivity index (χ3v) is 5.49. The van der Waals surface area contributed by atoms with Crippen LogP contribution in [-0.2, 0) is 17.6 Å². The van der Waals surface area contributed by atoms with Crippen LogP contribution in [0.5, 0.6) is 5.75 Å². The third kappa shape index (κ3) is 5.94. The average Bonchev–Trinajstić information content (AvgIpc) is 3.05. The van der Waals surface area contributed by atoms with Gasteiger partial charge in [0, 0.05) is 5.69 Å². The van der Waals surface area contributed by atoms with Crippen molar-refractivity contribution in [3.63, 3.8) is 0 Å². The monoisotopic (exact) mass is 465 g/mol. The standard InChI is InChI=1S/C21H22F3N5O2S/c1-12-8-13(2)10-17(9-12)31-11-18-27-28-20(29(18)25)32-14(3)19(30)26-16-6-4-15(5-7-16)21(22,23)24/h4-10,14H,11,25H2,1-3H3,(H,26,30). The number of nitrogen functional groups attached to an aromatic ring is 1. The molecule has 32 heavy (non-hydrogen) atoms. The van der Waals surface area contributed by atoms with Crippen LogP contribution in [0.1, 0.15) is 29.4 Å². The lowest BCUT2D eigenvalue weighted by molar-refractivity contribution is -0.137. The molecule has 1 aromatic heterocycles. The Balaban J connectivity index is 1.58. The van der Waals surface area contributed by atoms with E-state index in [0.717, 1.165) is 35.0 Å². The summed E-state index contributed by atoms with van der Waals surface area (Å²) in [7, 11) is 0. The van der Waals surface area contributed by atoms with E-state index >= 15 is 0 Å². The Morgan fingerprint density at radius 2 is 1.78 bits per heavy atom. The van der Waals surface area contributed by atoms with Crippen LogP contribution in [0.15, 0.2) is 47.6 Å². The molecule has 1 atom stereocenters. The SMILES string of the molecule is Cc1cc(C)cc(OCc2nnc(SC(C)C(=O)Nc3ccc(C(F)(F)F)cc3)n2N)c1. The molecule has 0 bridgehead atoms. The Morgan fingerprint density at radius 3 is 2.38 bits per heavy atom. The summed E-state index contributed by atoms with van der Waals surface area (Å²) in [6.07, 6.45) is -4.43. The molecule has 2 aromatic carbocycles. The van der Waals surface area contributed by atoms with Crippen LogP contribution < -0.4 is 15.9 Å². The number of rotatable bonds is 7. The number of aromatic nitrogens is 3. The molecule has 3 aromatic rings. The summed E-state index contributed by atoms with van der Waals surface area (Å²) in [4.78, 5) is 12.4. The predicted octanol–water partition coefficient (Wildman–Crippen LogP) is 4.33. The minimum atomic E-state index is -4.43. The Labute approximate surface area is 187 Å². The normalized spacial score (nSPS) is 12.4. The molecule has 0 spiro atoms. The number of nitrogens with one attached hydrogen (secondary N) is 1. The minimum Gasteiger partial charge on any atom is -0.486 e. The molecule has 0 saturated heterocycles. The Bertz CT molecular complexity index is 1080. The maximum atomic E-state index is 12.7. The van der Waals surface area contributed by atoms with Gasteiger partial charge in [0.25, 0.3) is 0 Å². The van der Waals surface area contributed by atoms with Crippen molar-refractivity contribution in [2.45, 2.75) is 44.0 Å². The molecular weight excluding hydrogens is 443 g/mol. The number of ether oxygens (including phenoxy) is 1. The van der Waals surface area contributed by atoms with E-state index in [1.165, 1.54) is 16.8 Å². The topological polar surface area (TPSA) is 95.1 Å². The molecule has 0 radical (unpaired) electrons. The number of amides is 1. The molecule has 1 amide bonds. The largest absolute Gasteiger partial charge is 0.486 e. The summed E-state index contributed by atoms with van der Waals surface area (Å²) in [5.41, 5.74) is 1.61. The number of halogens is 3. The van der Waals surface area contributed by atoms with E-state index in [2.05, 4.69) is 15.5 Å². The molecule has 3 N–H and O–H groups in total. The Kier molecular flexibility index (Phi) is 6.97. The highest BCUT2D eigenvalue weighted by molar-refractivity contribution is 8.00. The summed E-state index contributed by atoms with van der Waals surface area (Å²) in [5, 5.41) is 10.3. The fraction of sp³-hybridized carbons (Fsp3) is 0.286. The predicted molar refractivity (Wildman–Crippen MR) is 116 cm³/mol. The van der Waals surface area contributed by atoms with Gasteiger partial charge in [-0.3, -0.25) is 4.79 Å². The first-order valence-electron chi connectivity index (χ1n) is 9.58. The maximum absolute atomic E-state index is 12.7. The van der Waals surface area contributed by atoms with Gasteiger partial charge >= 0.3 is 6.18 Å². The lowest BCUT2D eigenvalue weighted by atomic mass is 10.1. The van der Waals surface area contributed by atoms with E-state index in [1.807, 2.05) is 32.0 Å². The van der Waals surface area contributed by atoms with Crippen molar-refractivity contribution in [2.75, 3.05) is 11.2 Å². The molecule has 1 heterocycles. The van der Waals surface area contributed by atoms with Crippen molar-refractivity contribution in [1.29, 1.82) is 0 Å². The van der Waals surface area contributed by atoms with Crippen molar-refractivity contribution in [3.05, 3.63) is 65.0 Å². The average molecular weight is 466 g/mol. The molecule has 3 rings (SSSR count). The van der Waals surface area contributed by atoms with E-state index in [1.54, 1.807) is 6.92 Å². The number of thioether (sulfide) groups is 1. The second-order valence-electron chi connectivity index (χ2n) is 7.21. The fourth-order valence-corrected chi connectivity index (χ4v) is 3.64. The van der Waals surface area contributed by atoms with Gasteiger partial charge in [0.15, 0.2) is 5.82 Å². The number of alkyl halides is 3. The highest BCUT2D eigenvalue weighted by atomic mass is 32.2. The van der Waals surface area contributed by atoms with Crippen molar-refractivity contribution >= 4 is 23.4 Å². The summed E-state index contributed by atoms with van der Waals surface area (Å²) >= 11 is 1.07. The Morgan fingerprint density at radius 1 is 1.16 bits per heavy atom. The van der Waals surface area contributed by atoms with E-state index in [0.29, 0.717) is 16.7 Å². The van der Waals surface area contributed by atoms with Crippen LogP contribution in [0.25, 0.3) is 0 Å². The summed E-state index contributed by atoms with van der Waals surface area (Å²) in [5.74, 6) is 6.69. The van der Waals surface area contributed by atoms with E-state index in [4.69, 9.17) is 10.6 Å². The van der Waals surface area contributed by atoms with Crippen molar-refractivity contribution < 1.29 is 22.7 Å².